The number of urea groups is 1. The standard InChI is InChI=1S/C14H19BrN4O/c1-16-7-10-6-11(15)2-3-13(10)18-4-5-19-12(9-18)8-17-14(19)20/h2-3,6,12,16H,4-5,7-9H2,1H3,(H,17,20). The van der Waals surface area contributed by atoms with Gasteiger partial charge in [0.2, 0.25) is 0 Å². The number of benzene rings is 1. The van der Waals surface area contributed by atoms with E-state index in [-0.39, 0.29) is 6.03 Å². The zero-order valence-electron chi connectivity index (χ0n) is 11.5. The number of nitrogens with one attached hydrogen (secondary N) is 2. The largest absolute Gasteiger partial charge is 0.367 e. The third-order valence-electron chi connectivity index (χ3n) is 3.98. The average molecular weight is 339 g/mol. The van der Waals surface area contributed by atoms with Crippen LogP contribution in [-0.4, -0.2) is 50.2 Å². The Morgan fingerprint density at radius 1 is 1.45 bits per heavy atom. The van der Waals surface area contributed by atoms with Crippen molar-refractivity contribution < 1.29 is 4.79 Å². The maximum absolute atomic E-state index is 11.6. The van der Waals surface area contributed by atoms with Gasteiger partial charge >= 0.3 is 6.03 Å². The molecule has 0 saturated carbocycles. The van der Waals surface area contributed by atoms with Crippen molar-refractivity contribution in [1.82, 2.24) is 15.5 Å². The van der Waals surface area contributed by atoms with E-state index in [1.807, 2.05) is 11.9 Å². The molecule has 2 heterocycles. The second-order valence-electron chi connectivity index (χ2n) is 5.28. The maximum Gasteiger partial charge on any atom is 0.317 e. The molecule has 3 rings (SSSR count). The highest BCUT2D eigenvalue weighted by molar-refractivity contribution is 9.10. The van der Waals surface area contributed by atoms with Crippen LogP contribution in [0, 0.1) is 0 Å². The molecule has 0 aliphatic carbocycles. The molecule has 0 spiro atoms. The van der Waals surface area contributed by atoms with Crippen molar-refractivity contribution in [2.75, 3.05) is 38.1 Å². The van der Waals surface area contributed by atoms with E-state index in [1.54, 1.807) is 0 Å². The predicted octanol–water partition coefficient (Wildman–Crippen LogP) is 1.38. The number of anilines is 1. The molecule has 5 nitrogen and oxygen atoms in total. The minimum absolute atomic E-state index is 0.0842. The van der Waals surface area contributed by atoms with Crippen molar-refractivity contribution in [2.24, 2.45) is 0 Å². The number of piperazine rings is 1. The molecular weight excluding hydrogens is 320 g/mol. The first kappa shape index (κ1) is 13.7. The molecule has 1 atom stereocenters. The lowest BCUT2D eigenvalue weighted by atomic mass is 10.1. The van der Waals surface area contributed by atoms with Crippen LogP contribution >= 0.6 is 15.9 Å². The lowest BCUT2D eigenvalue weighted by Gasteiger charge is -2.38. The molecular formula is C14H19BrN4O. The van der Waals surface area contributed by atoms with E-state index in [1.165, 1.54) is 11.3 Å². The van der Waals surface area contributed by atoms with Gasteiger partial charge in [0.15, 0.2) is 0 Å². The van der Waals surface area contributed by atoms with Crippen LogP contribution in [0.1, 0.15) is 5.56 Å². The van der Waals surface area contributed by atoms with Gasteiger partial charge in [0.05, 0.1) is 6.04 Å². The Morgan fingerprint density at radius 3 is 3.10 bits per heavy atom. The molecule has 2 N–H and O–H groups in total. The number of hydrogen-bond acceptors (Lipinski definition) is 3. The van der Waals surface area contributed by atoms with E-state index < -0.39 is 0 Å². The van der Waals surface area contributed by atoms with Crippen LogP contribution in [-0.2, 0) is 6.54 Å². The molecule has 0 bridgehead atoms. The first-order valence-electron chi connectivity index (χ1n) is 6.91. The summed E-state index contributed by atoms with van der Waals surface area (Å²) in [6.07, 6.45) is 0. The van der Waals surface area contributed by atoms with Gasteiger partial charge in [0, 0.05) is 42.9 Å². The Kier molecular flexibility index (Phi) is 3.85. The van der Waals surface area contributed by atoms with Gasteiger partial charge in [-0.3, -0.25) is 0 Å². The summed E-state index contributed by atoms with van der Waals surface area (Å²) in [6, 6.07) is 6.79. The quantitative estimate of drug-likeness (QED) is 0.875. The van der Waals surface area contributed by atoms with Crippen LogP contribution in [0.15, 0.2) is 22.7 Å². The molecule has 108 valence electrons. The van der Waals surface area contributed by atoms with Crippen LogP contribution in [0.5, 0.6) is 0 Å². The number of fused-ring (bicyclic) bond motifs is 1. The predicted molar refractivity (Wildman–Crippen MR) is 83.0 cm³/mol. The van der Waals surface area contributed by atoms with E-state index in [9.17, 15) is 4.79 Å². The molecule has 1 aromatic rings. The minimum Gasteiger partial charge on any atom is -0.367 e. The lowest BCUT2D eigenvalue weighted by Crippen LogP contribution is -2.52. The van der Waals surface area contributed by atoms with Crippen LogP contribution in [0.3, 0.4) is 0 Å². The molecule has 0 radical (unpaired) electrons. The van der Waals surface area contributed by atoms with Crippen LogP contribution in [0.2, 0.25) is 0 Å². The molecule has 20 heavy (non-hydrogen) atoms. The number of rotatable bonds is 3. The van der Waals surface area contributed by atoms with Crippen molar-refractivity contribution in [2.45, 2.75) is 12.6 Å². The van der Waals surface area contributed by atoms with Crippen LogP contribution in [0.25, 0.3) is 0 Å². The summed E-state index contributed by atoms with van der Waals surface area (Å²) < 4.78 is 1.10. The fraction of sp³-hybridized carbons (Fsp3) is 0.500. The molecule has 2 aliphatic heterocycles. The van der Waals surface area contributed by atoms with Crippen LogP contribution in [0.4, 0.5) is 10.5 Å². The van der Waals surface area contributed by atoms with E-state index in [0.29, 0.717) is 6.04 Å². The second kappa shape index (κ2) is 5.61. The Bertz CT molecular complexity index is 522. The third kappa shape index (κ3) is 2.50. The normalized spacial score (nSPS) is 21.9. The Morgan fingerprint density at radius 2 is 2.30 bits per heavy atom. The van der Waals surface area contributed by atoms with Gasteiger partial charge in [-0.05, 0) is 30.8 Å². The van der Waals surface area contributed by atoms with Crippen molar-refractivity contribution in [3.63, 3.8) is 0 Å². The van der Waals surface area contributed by atoms with Crippen molar-refractivity contribution in [1.29, 1.82) is 0 Å². The number of hydrogen-bond donors (Lipinski definition) is 2. The fourth-order valence-electron chi connectivity index (χ4n) is 3.02. The monoisotopic (exact) mass is 338 g/mol. The Balaban J connectivity index is 1.81. The van der Waals surface area contributed by atoms with Gasteiger partial charge < -0.3 is 20.4 Å². The summed E-state index contributed by atoms with van der Waals surface area (Å²) in [7, 11) is 1.96. The van der Waals surface area contributed by atoms with Crippen LogP contribution < -0.4 is 15.5 Å². The van der Waals surface area contributed by atoms with E-state index >= 15 is 0 Å². The smallest absolute Gasteiger partial charge is 0.317 e. The summed E-state index contributed by atoms with van der Waals surface area (Å²) in [5, 5.41) is 6.14. The highest BCUT2D eigenvalue weighted by Crippen LogP contribution is 2.27. The number of carbonyl (C=O) groups excluding carboxylic acids is 1. The topological polar surface area (TPSA) is 47.6 Å². The fourth-order valence-corrected chi connectivity index (χ4v) is 3.43. The number of halogens is 1. The zero-order chi connectivity index (χ0) is 14.1. The Hall–Kier alpha value is -1.27. The van der Waals surface area contributed by atoms with Crippen molar-refractivity contribution >= 4 is 27.6 Å². The number of amides is 2. The molecule has 0 aromatic heterocycles. The summed E-state index contributed by atoms with van der Waals surface area (Å²) in [5.74, 6) is 0. The highest BCUT2D eigenvalue weighted by atomic mass is 79.9. The molecule has 1 unspecified atom stereocenters. The first-order chi connectivity index (χ1) is 9.69. The summed E-state index contributed by atoms with van der Waals surface area (Å²) >= 11 is 3.53. The summed E-state index contributed by atoms with van der Waals surface area (Å²) in [4.78, 5) is 16.0. The SMILES string of the molecule is CNCc1cc(Br)ccc1N1CCN2C(=O)NCC2C1. The van der Waals surface area contributed by atoms with Gasteiger partial charge in [-0.25, -0.2) is 4.79 Å². The molecule has 2 amide bonds. The average Bonchev–Trinajstić information content (AvgIpc) is 2.80. The molecule has 1 aromatic carbocycles. The highest BCUT2D eigenvalue weighted by Gasteiger charge is 2.35. The van der Waals surface area contributed by atoms with Crippen molar-refractivity contribution in [3.8, 4) is 0 Å². The Labute approximate surface area is 127 Å². The molecule has 2 saturated heterocycles. The van der Waals surface area contributed by atoms with Gasteiger partial charge in [0.25, 0.3) is 0 Å². The minimum atomic E-state index is 0.0842. The molecule has 2 aliphatic rings. The van der Waals surface area contributed by atoms with Gasteiger partial charge in [-0.15, -0.1) is 0 Å². The summed E-state index contributed by atoms with van der Waals surface area (Å²) in [6.45, 7) is 4.19. The van der Waals surface area contributed by atoms with Gasteiger partial charge in [0.1, 0.15) is 0 Å². The maximum atomic E-state index is 11.6. The molecule has 2 fully saturated rings. The van der Waals surface area contributed by atoms with E-state index in [0.717, 1.165) is 37.2 Å². The van der Waals surface area contributed by atoms with E-state index in [2.05, 4.69) is 49.7 Å². The zero-order valence-corrected chi connectivity index (χ0v) is 13.1. The lowest BCUT2D eigenvalue weighted by molar-refractivity contribution is 0.197. The first-order valence-corrected chi connectivity index (χ1v) is 7.71. The second-order valence-corrected chi connectivity index (χ2v) is 6.20. The van der Waals surface area contributed by atoms with Gasteiger partial charge in [-0.1, -0.05) is 15.9 Å². The number of carbonyl (C=O) groups is 1. The summed E-state index contributed by atoms with van der Waals surface area (Å²) in [5.41, 5.74) is 2.55. The van der Waals surface area contributed by atoms with E-state index in [4.69, 9.17) is 0 Å². The third-order valence-corrected chi connectivity index (χ3v) is 4.48. The molecule has 6 heteroatoms. The van der Waals surface area contributed by atoms with Crippen molar-refractivity contribution in [3.05, 3.63) is 28.2 Å². The van der Waals surface area contributed by atoms with Gasteiger partial charge in [-0.2, -0.15) is 0 Å². The number of nitrogens with zero attached hydrogens (tertiary/aromatic N) is 2.